The van der Waals surface area contributed by atoms with Crippen LogP contribution in [-0.2, 0) is 0 Å². The van der Waals surface area contributed by atoms with E-state index in [1.807, 2.05) is 46.8 Å². The van der Waals surface area contributed by atoms with Crippen LogP contribution in [0.3, 0.4) is 0 Å². The molecule has 0 saturated heterocycles. The van der Waals surface area contributed by atoms with Crippen LogP contribution in [-0.4, -0.2) is 46.8 Å². The van der Waals surface area contributed by atoms with Crippen molar-refractivity contribution in [2.45, 2.75) is 0 Å². The number of hydrogen-bond acceptors (Lipinski definition) is 7. The Hall–Kier alpha value is -3.94. The van der Waals surface area contributed by atoms with Crippen molar-refractivity contribution in [3.05, 3.63) is 55.0 Å². The summed E-state index contributed by atoms with van der Waals surface area (Å²) < 4.78 is 18.6. The largest absolute Gasteiger partial charge is 0.504 e. The van der Waals surface area contributed by atoms with Crippen LogP contribution in [0.1, 0.15) is 0 Å². The van der Waals surface area contributed by atoms with E-state index in [0.717, 1.165) is 28.5 Å². The summed E-state index contributed by atoms with van der Waals surface area (Å²) in [6.07, 6.45) is 5.30. The van der Waals surface area contributed by atoms with E-state index in [4.69, 9.17) is 19.2 Å². The van der Waals surface area contributed by atoms with Gasteiger partial charge < -0.3 is 24.2 Å². The smallest absolute Gasteiger partial charge is 0.163 e. The number of ether oxygens (including phenoxy) is 3. The Morgan fingerprint density at radius 2 is 1.93 bits per heavy atom. The Bertz CT molecular complexity index is 1240. The second kappa shape index (κ2) is 7.14. The molecule has 0 spiro atoms. The van der Waals surface area contributed by atoms with Crippen LogP contribution in [0, 0.1) is 0 Å². The zero-order valence-corrected chi connectivity index (χ0v) is 16.6. The first-order chi connectivity index (χ1) is 14.7. The summed E-state index contributed by atoms with van der Waals surface area (Å²) in [5.74, 6) is 2.76. The van der Waals surface area contributed by atoms with Gasteiger partial charge in [0.25, 0.3) is 0 Å². The van der Waals surface area contributed by atoms with Crippen molar-refractivity contribution in [3.8, 4) is 34.3 Å². The number of fused-ring (bicyclic) bond motifs is 2. The first-order valence-electron chi connectivity index (χ1n) is 9.48. The molecular formula is C22H20N4O4. The van der Waals surface area contributed by atoms with E-state index in [1.54, 1.807) is 24.5 Å². The summed E-state index contributed by atoms with van der Waals surface area (Å²) in [7, 11) is 3.49. The maximum atomic E-state index is 9.99. The van der Waals surface area contributed by atoms with Gasteiger partial charge in [-0.15, -0.1) is 0 Å². The van der Waals surface area contributed by atoms with Crippen LogP contribution < -0.4 is 19.1 Å². The Morgan fingerprint density at radius 1 is 1.10 bits per heavy atom. The van der Waals surface area contributed by atoms with Gasteiger partial charge in [0, 0.05) is 36.8 Å². The Balaban J connectivity index is 1.67. The fourth-order valence-corrected chi connectivity index (χ4v) is 3.60. The van der Waals surface area contributed by atoms with Gasteiger partial charge >= 0.3 is 0 Å². The van der Waals surface area contributed by atoms with Crippen molar-refractivity contribution >= 4 is 17.2 Å². The Morgan fingerprint density at radius 3 is 2.77 bits per heavy atom. The van der Waals surface area contributed by atoms with Gasteiger partial charge in [-0.05, 0) is 30.3 Å². The summed E-state index contributed by atoms with van der Waals surface area (Å²) >= 11 is 0. The summed E-state index contributed by atoms with van der Waals surface area (Å²) in [4.78, 5) is 11.0. The lowest BCUT2D eigenvalue weighted by Crippen LogP contribution is -2.17. The van der Waals surface area contributed by atoms with E-state index in [-0.39, 0.29) is 5.75 Å². The van der Waals surface area contributed by atoms with E-state index in [1.165, 1.54) is 7.11 Å². The molecule has 5 rings (SSSR count). The van der Waals surface area contributed by atoms with E-state index < -0.39 is 0 Å². The van der Waals surface area contributed by atoms with E-state index >= 15 is 0 Å². The van der Waals surface area contributed by atoms with Crippen molar-refractivity contribution in [3.63, 3.8) is 0 Å². The molecule has 0 atom stereocenters. The minimum Gasteiger partial charge on any atom is -0.504 e. The normalized spacial score (nSPS) is 12.7. The summed E-state index contributed by atoms with van der Waals surface area (Å²) in [5.41, 5.74) is 3.18. The average Bonchev–Trinajstić information content (AvgIpc) is 3.18. The molecule has 0 unspecified atom stereocenters. The molecular weight excluding hydrogens is 384 g/mol. The van der Waals surface area contributed by atoms with E-state index in [2.05, 4.69) is 4.98 Å². The Kier molecular flexibility index (Phi) is 4.31. The van der Waals surface area contributed by atoms with Gasteiger partial charge in [-0.2, -0.15) is 0 Å². The SMILES string of the molecule is COc1cc(-c2nc3cnccn3c2N(C)c2ccc3c(c2)OCCO3)ccc1O. The molecule has 0 saturated carbocycles. The van der Waals surface area contributed by atoms with Crippen LogP contribution in [0.25, 0.3) is 16.9 Å². The molecule has 0 aliphatic carbocycles. The van der Waals surface area contributed by atoms with E-state index in [9.17, 15) is 5.11 Å². The van der Waals surface area contributed by atoms with Crippen molar-refractivity contribution < 1.29 is 19.3 Å². The number of rotatable bonds is 4. The van der Waals surface area contributed by atoms with Crippen LogP contribution in [0.5, 0.6) is 23.0 Å². The second-order valence-electron chi connectivity index (χ2n) is 6.86. The molecule has 4 aromatic rings. The highest BCUT2D eigenvalue weighted by Gasteiger charge is 2.21. The number of imidazole rings is 1. The summed E-state index contributed by atoms with van der Waals surface area (Å²) in [5, 5.41) is 9.99. The number of phenols is 1. The van der Waals surface area contributed by atoms with Gasteiger partial charge in [0.05, 0.1) is 13.3 Å². The molecule has 0 bridgehead atoms. The van der Waals surface area contributed by atoms with Crippen LogP contribution in [0.4, 0.5) is 11.5 Å². The third-order valence-corrected chi connectivity index (χ3v) is 5.09. The van der Waals surface area contributed by atoms with E-state index in [0.29, 0.717) is 30.4 Å². The van der Waals surface area contributed by atoms with Gasteiger partial charge in [-0.1, -0.05) is 0 Å². The van der Waals surface area contributed by atoms with Gasteiger partial charge in [0.1, 0.15) is 24.7 Å². The summed E-state index contributed by atoms with van der Waals surface area (Å²) in [6, 6.07) is 11.0. The number of anilines is 2. The molecule has 0 amide bonds. The molecule has 30 heavy (non-hydrogen) atoms. The number of methoxy groups -OCH3 is 1. The minimum absolute atomic E-state index is 0.0772. The minimum atomic E-state index is 0.0772. The number of hydrogen-bond donors (Lipinski definition) is 1. The average molecular weight is 404 g/mol. The van der Waals surface area contributed by atoms with Crippen molar-refractivity contribution in [2.24, 2.45) is 0 Å². The zero-order valence-electron chi connectivity index (χ0n) is 16.6. The van der Waals surface area contributed by atoms with Crippen LogP contribution in [0.2, 0.25) is 0 Å². The maximum Gasteiger partial charge on any atom is 0.163 e. The van der Waals surface area contributed by atoms with Gasteiger partial charge in [-0.3, -0.25) is 9.38 Å². The topological polar surface area (TPSA) is 81.4 Å². The lowest BCUT2D eigenvalue weighted by Gasteiger charge is -2.24. The molecule has 0 radical (unpaired) electrons. The third-order valence-electron chi connectivity index (χ3n) is 5.09. The molecule has 3 heterocycles. The molecule has 1 N–H and O–H groups in total. The predicted molar refractivity (Wildman–Crippen MR) is 112 cm³/mol. The molecule has 8 nitrogen and oxygen atoms in total. The molecule has 2 aromatic heterocycles. The quantitative estimate of drug-likeness (QED) is 0.556. The first kappa shape index (κ1) is 18.1. The predicted octanol–water partition coefficient (Wildman–Crippen LogP) is 3.65. The number of benzene rings is 2. The number of aromatic nitrogens is 3. The maximum absolute atomic E-state index is 9.99. The monoisotopic (exact) mass is 404 g/mol. The summed E-state index contributed by atoms with van der Waals surface area (Å²) in [6.45, 7) is 1.08. The zero-order chi connectivity index (χ0) is 20.7. The highest BCUT2D eigenvalue weighted by Crippen LogP contribution is 2.40. The highest BCUT2D eigenvalue weighted by atomic mass is 16.6. The molecule has 1 aliphatic rings. The number of phenolic OH excluding ortho intramolecular Hbond substituents is 1. The standard InChI is InChI=1S/C22H20N4O4/c1-25(15-4-6-17-19(12-15)30-10-9-29-17)22-21(24-20-13-23-7-8-26(20)22)14-3-5-16(27)18(11-14)28-2/h3-8,11-13,27H,9-10H2,1-2H3. The molecule has 0 fully saturated rings. The van der Waals surface area contributed by atoms with Crippen molar-refractivity contribution in [1.29, 1.82) is 0 Å². The highest BCUT2D eigenvalue weighted by molar-refractivity contribution is 5.82. The number of nitrogens with zero attached hydrogens (tertiary/aromatic N) is 4. The molecule has 152 valence electrons. The number of aromatic hydroxyl groups is 1. The van der Waals surface area contributed by atoms with Gasteiger partial charge in [-0.25, -0.2) is 4.98 Å². The third kappa shape index (κ3) is 2.93. The molecule has 8 heteroatoms. The van der Waals surface area contributed by atoms with Crippen LogP contribution >= 0.6 is 0 Å². The second-order valence-corrected chi connectivity index (χ2v) is 6.86. The van der Waals surface area contributed by atoms with Crippen LogP contribution in [0.15, 0.2) is 55.0 Å². The fraction of sp³-hybridized carbons (Fsp3) is 0.182. The molecule has 2 aromatic carbocycles. The lowest BCUT2D eigenvalue weighted by atomic mass is 10.1. The van der Waals surface area contributed by atoms with Gasteiger partial charge in [0.2, 0.25) is 0 Å². The Labute approximate surface area is 172 Å². The fourth-order valence-electron chi connectivity index (χ4n) is 3.60. The molecule has 1 aliphatic heterocycles. The first-order valence-corrected chi connectivity index (χ1v) is 9.48. The van der Waals surface area contributed by atoms with Crippen molar-refractivity contribution in [2.75, 3.05) is 32.3 Å². The van der Waals surface area contributed by atoms with Gasteiger partial charge in [0.15, 0.2) is 28.6 Å². The van der Waals surface area contributed by atoms with Crippen molar-refractivity contribution in [1.82, 2.24) is 14.4 Å². The lowest BCUT2D eigenvalue weighted by molar-refractivity contribution is 0.171.